The number of aromatic hydroxyl groups is 1. The maximum atomic E-state index is 12.7. The summed E-state index contributed by atoms with van der Waals surface area (Å²) in [5.74, 6) is 0.384. The van der Waals surface area contributed by atoms with Crippen LogP contribution in [0.15, 0.2) is 126 Å². The smallest absolute Gasteiger partial charge is 0.224 e. The van der Waals surface area contributed by atoms with Gasteiger partial charge in [0.05, 0.1) is 35.9 Å². The lowest BCUT2D eigenvalue weighted by molar-refractivity contribution is -0.245. The fraction of sp³-hybridized carbons (Fsp3) is 0.233. The van der Waals surface area contributed by atoms with E-state index in [0.717, 1.165) is 39.1 Å². The van der Waals surface area contributed by atoms with Gasteiger partial charge in [-0.3, -0.25) is 9.59 Å². The lowest BCUT2D eigenvalue weighted by Crippen LogP contribution is -2.31. The first-order valence-electron chi connectivity index (χ1n) is 18.6. The number of phenolic OH excluding ortho intramolecular Hbond substituents is 1. The predicted molar refractivity (Wildman–Crippen MR) is 217 cm³/mol. The molecular formula is C43H43N7O6S. The molecule has 1 fully saturated rings. The molecule has 6 aromatic rings. The highest BCUT2D eigenvalue weighted by atomic mass is 32.2. The summed E-state index contributed by atoms with van der Waals surface area (Å²) in [6.07, 6.45) is 0.282. The summed E-state index contributed by atoms with van der Waals surface area (Å²) in [5, 5.41) is 38.0. The molecule has 1 aromatic heterocycles. The third-order valence-electron chi connectivity index (χ3n) is 9.58. The minimum Gasteiger partial charge on any atom is -0.508 e. The summed E-state index contributed by atoms with van der Waals surface area (Å²) in [6.45, 7) is 0.297. The third kappa shape index (κ3) is 10.2. The number of hydrogen-bond acceptors (Lipinski definition) is 11. The number of aliphatic hydroxyl groups is 1. The SMILES string of the molecule is Nc1ccccc1NC(=O)CCCC(=O)NCc1ccccc1-c1ccc([C@@H]2O[C@H](CSc3nnnn3-c3ccc(O)cc3)C[C@H](c3ccc(CO)cc3)O2)cc1. The number of nitrogen functional groups attached to an aromatic ring is 1. The van der Waals surface area contributed by atoms with Crippen LogP contribution in [0.5, 0.6) is 5.75 Å². The Hall–Kier alpha value is -6.06. The molecule has 1 aliphatic heterocycles. The molecular weight excluding hydrogens is 743 g/mol. The molecule has 5 aromatic carbocycles. The van der Waals surface area contributed by atoms with Gasteiger partial charge in [-0.15, -0.1) is 5.10 Å². The van der Waals surface area contributed by atoms with Crippen molar-refractivity contribution in [2.45, 2.75) is 62.5 Å². The van der Waals surface area contributed by atoms with Crippen molar-refractivity contribution in [2.24, 2.45) is 0 Å². The number of rotatable bonds is 15. The van der Waals surface area contributed by atoms with Crippen LogP contribution in [0.3, 0.4) is 0 Å². The minimum atomic E-state index is -0.657. The number of aromatic nitrogens is 4. The van der Waals surface area contributed by atoms with Gasteiger partial charge in [0.25, 0.3) is 0 Å². The highest BCUT2D eigenvalue weighted by Gasteiger charge is 2.33. The van der Waals surface area contributed by atoms with Gasteiger partial charge >= 0.3 is 0 Å². The third-order valence-corrected chi connectivity index (χ3v) is 10.6. The highest BCUT2D eigenvalue weighted by molar-refractivity contribution is 7.99. The number of nitrogens with one attached hydrogen (secondary N) is 2. The fourth-order valence-corrected chi connectivity index (χ4v) is 7.41. The molecule has 0 radical (unpaired) electrons. The number of carbonyl (C=O) groups excluding carboxylic acids is 2. The lowest BCUT2D eigenvalue weighted by atomic mass is 9.97. The molecule has 0 bridgehead atoms. The Labute approximate surface area is 334 Å². The van der Waals surface area contributed by atoms with Crippen LogP contribution in [0, 0.1) is 0 Å². The molecule has 1 aliphatic rings. The first-order valence-corrected chi connectivity index (χ1v) is 19.6. The maximum absolute atomic E-state index is 12.7. The minimum absolute atomic E-state index is 0.0411. The standard InChI is InChI=1S/C43H43N7O6S/c44-37-8-3-4-9-38(37)46-41(54)11-5-10-40(53)45-25-32-6-1-2-7-36(32)29-16-18-31(19-17-29)42-55-35(24-39(56-42)30-14-12-28(26-51)13-15-30)27-57-43-47-48-49-50(43)33-20-22-34(52)23-21-33/h1-4,6-9,12-23,35,39,42,51-52H,5,10-11,24-27,44H2,(H,45,53)(H,46,54)/t35-,39+,42+/m0/s1. The van der Waals surface area contributed by atoms with E-state index in [0.29, 0.717) is 41.7 Å². The molecule has 7 rings (SSSR count). The van der Waals surface area contributed by atoms with E-state index >= 15 is 0 Å². The first kappa shape index (κ1) is 39.2. The van der Waals surface area contributed by atoms with Crippen LogP contribution in [0.4, 0.5) is 11.4 Å². The van der Waals surface area contributed by atoms with Crippen molar-refractivity contribution in [3.8, 4) is 22.6 Å². The molecule has 0 unspecified atom stereocenters. The number of thioether (sulfide) groups is 1. The lowest BCUT2D eigenvalue weighted by Gasteiger charge is -2.36. The average Bonchev–Trinajstić information content (AvgIpc) is 3.72. The summed E-state index contributed by atoms with van der Waals surface area (Å²) in [5.41, 5.74) is 13.3. The molecule has 292 valence electrons. The zero-order chi connectivity index (χ0) is 39.6. The van der Waals surface area contributed by atoms with Crippen molar-refractivity contribution < 1.29 is 29.3 Å². The van der Waals surface area contributed by atoms with Crippen LogP contribution in [-0.4, -0.2) is 54.1 Å². The van der Waals surface area contributed by atoms with E-state index in [2.05, 4.69) is 26.2 Å². The first-order chi connectivity index (χ1) is 27.8. The summed E-state index contributed by atoms with van der Waals surface area (Å²) in [6, 6.07) is 37.4. The number of ether oxygens (including phenoxy) is 2. The number of amides is 2. The van der Waals surface area contributed by atoms with Crippen molar-refractivity contribution in [2.75, 3.05) is 16.8 Å². The Morgan fingerprint density at radius 1 is 0.842 bits per heavy atom. The van der Waals surface area contributed by atoms with Gasteiger partial charge in [0, 0.05) is 37.1 Å². The van der Waals surface area contributed by atoms with Crippen LogP contribution in [0.1, 0.15) is 60.3 Å². The molecule has 2 heterocycles. The van der Waals surface area contributed by atoms with Crippen LogP contribution >= 0.6 is 11.8 Å². The van der Waals surface area contributed by atoms with E-state index in [4.69, 9.17) is 15.2 Å². The molecule has 6 N–H and O–H groups in total. The molecule has 3 atom stereocenters. The Bertz CT molecular complexity index is 2270. The monoisotopic (exact) mass is 785 g/mol. The average molecular weight is 786 g/mol. The Morgan fingerprint density at radius 3 is 2.33 bits per heavy atom. The fourth-order valence-electron chi connectivity index (χ4n) is 6.51. The zero-order valence-corrected chi connectivity index (χ0v) is 31.8. The van der Waals surface area contributed by atoms with Gasteiger partial charge in [0.15, 0.2) is 6.29 Å². The van der Waals surface area contributed by atoms with Crippen molar-refractivity contribution in [1.82, 2.24) is 25.5 Å². The number of nitrogens with zero attached hydrogens (tertiary/aromatic N) is 4. The van der Waals surface area contributed by atoms with Crippen LogP contribution in [0.25, 0.3) is 16.8 Å². The Morgan fingerprint density at radius 2 is 1.56 bits per heavy atom. The van der Waals surface area contributed by atoms with Crippen LogP contribution < -0.4 is 16.4 Å². The number of hydrogen-bond donors (Lipinski definition) is 5. The number of para-hydroxylation sites is 2. The van der Waals surface area contributed by atoms with Gasteiger partial charge in [0.1, 0.15) is 5.75 Å². The normalized spacial score (nSPS) is 16.5. The van der Waals surface area contributed by atoms with Gasteiger partial charge in [-0.05, 0) is 81.1 Å². The van der Waals surface area contributed by atoms with Gasteiger partial charge < -0.3 is 36.1 Å². The Kier molecular flexibility index (Phi) is 12.9. The van der Waals surface area contributed by atoms with Gasteiger partial charge in [-0.2, -0.15) is 4.68 Å². The van der Waals surface area contributed by atoms with Crippen molar-refractivity contribution in [1.29, 1.82) is 0 Å². The summed E-state index contributed by atoms with van der Waals surface area (Å²) in [4.78, 5) is 25.1. The van der Waals surface area contributed by atoms with E-state index in [-0.39, 0.29) is 49.2 Å². The van der Waals surface area contributed by atoms with Gasteiger partial charge in [-0.25, -0.2) is 0 Å². The van der Waals surface area contributed by atoms with Gasteiger partial charge in [0.2, 0.25) is 17.0 Å². The molecule has 14 heteroatoms. The second kappa shape index (κ2) is 18.7. The van der Waals surface area contributed by atoms with E-state index in [1.807, 2.05) is 72.8 Å². The second-order valence-corrected chi connectivity index (χ2v) is 14.6. The Balaban J connectivity index is 0.992. The second-order valence-electron chi connectivity index (χ2n) is 13.6. The van der Waals surface area contributed by atoms with E-state index in [1.54, 1.807) is 53.2 Å². The number of aliphatic hydroxyl groups excluding tert-OH is 1. The molecule has 13 nitrogen and oxygen atoms in total. The van der Waals surface area contributed by atoms with E-state index in [1.165, 1.54) is 11.8 Å². The number of benzene rings is 5. The van der Waals surface area contributed by atoms with E-state index < -0.39 is 6.29 Å². The summed E-state index contributed by atoms with van der Waals surface area (Å²) >= 11 is 1.47. The topological polar surface area (TPSA) is 187 Å². The maximum Gasteiger partial charge on any atom is 0.224 e. The molecule has 2 amide bonds. The highest BCUT2D eigenvalue weighted by Crippen LogP contribution is 2.40. The number of nitrogens with two attached hydrogens (primary N) is 1. The van der Waals surface area contributed by atoms with E-state index in [9.17, 15) is 19.8 Å². The van der Waals surface area contributed by atoms with Crippen molar-refractivity contribution >= 4 is 35.0 Å². The zero-order valence-electron chi connectivity index (χ0n) is 31.0. The number of anilines is 2. The number of tetrazole rings is 1. The quantitative estimate of drug-likeness (QED) is 0.0540. The van der Waals surface area contributed by atoms with Gasteiger partial charge in [-0.1, -0.05) is 96.7 Å². The largest absolute Gasteiger partial charge is 0.508 e. The molecule has 0 saturated carbocycles. The van der Waals surface area contributed by atoms with Crippen LogP contribution in [0.2, 0.25) is 0 Å². The van der Waals surface area contributed by atoms with Crippen molar-refractivity contribution in [3.05, 3.63) is 144 Å². The summed E-state index contributed by atoms with van der Waals surface area (Å²) in [7, 11) is 0. The summed E-state index contributed by atoms with van der Waals surface area (Å²) < 4.78 is 14.8. The molecule has 0 aliphatic carbocycles. The molecule has 0 spiro atoms. The number of carbonyl (C=O) groups is 2. The molecule has 1 saturated heterocycles. The predicted octanol–water partition coefficient (Wildman–Crippen LogP) is 6.87. The molecule has 57 heavy (non-hydrogen) atoms. The number of phenols is 1. The van der Waals surface area contributed by atoms with Crippen molar-refractivity contribution in [3.63, 3.8) is 0 Å². The van der Waals surface area contributed by atoms with Crippen LogP contribution in [-0.2, 0) is 32.2 Å².